The highest BCUT2D eigenvalue weighted by Crippen LogP contribution is 2.11. The summed E-state index contributed by atoms with van der Waals surface area (Å²) in [5.41, 5.74) is 5.44. The normalized spacial score (nSPS) is 13.6. The molecule has 1 heterocycles. The zero-order valence-corrected chi connectivity index (χ0v) is 5.64. The number of hydrogen-bond acceptors (Lipinski definition) is 4. The van der Waals surface area contributed by atoms with E-state index in [2.05, 4.69) is 4.98 Å². The molecule has 50 valence electrons. The summed E-state index contributed by atoms with van der Waals surface area (Å²) in [6.45, 7) is -0.0342. The van der Waals surface area contributed by atoms with Crippen LogP contribution in [0.25, 0.3) is 0 Å². The molecule has 0 saturated carbocycles. The SMILES string of the molecule is NC(CO)c1nccs1. The van der Waals surface area contributed by atoms with E-state index in [0.717, 1.165) is 5.01 Å². The van der Waals surface area contributed by atoms with Crippen LogP contribution in [-0.4, -0.2) is 16.7 Å². The van der Waals surface area contributed by atoms with Crippen LogP contribution in [0.2, 0.25) is 0 Å². The first-order valence-corrected chi connectivity index (χ1v) is 3.48. The molecular weight excluding hydrogens is 136 g/mol. The second-order valence-corrected chi connectivity index (χ2v) is 2.59. The van der Waals surface area contributed by atoms with Crippen LogP contribution in [0, 0.1) is 0 Å². The Bertz CT molecular complexity index is 163. The highest BCUT2D eigenvalue weighted by Gasteiger charge is 2.04. The van der Waals surface area contributed by atoms with Crippen LogP contribution in [0.15, 0.2) is 11.6 Å². The van der Waals surface area contributed by atoms with Crippen LogP contribution in [0.1, 0.15) is 11.0 Å². The molecule has 1 rings (SSSR count). The Hall–Kier alpha value is -0.450. The summed E-state index contributed by atoms with van der Waals surface area (Å²) < 4.78 is 0. The maximum Gasteiger partial charge on any atom is 0.112 e. The van der Waals surface area contributed by atoms with Gasteiger partial charge in [-0.05, 0) is 0 Å². The molecule has 0 saturated heterocycles. The van der Waals surface area contributed by atoms with Gasteiger partial charge in [0.2, 0.25) is 0 Å². The van der Waals surface area contributed by atoms with Crippen molar-refractivity contribution >= 4 is 11.3 Å². The Labute approximate surface area is 57.2 Å². The molecule has 0 fully saturated rings. The van der Waals surface area contributed by atoms with E-state index in [4.69, 9.17) is 10.8 Å². The molecule has 0 radical (unpaired) electrons. The second kappa shape index (κ2) is 2.91. The van der Waals surface area contributed by atoms with E-state index in [1.54, 1.807) is 6.20 Å². The Kier molecular flexibility index (Phi) is 2.16. The lowest BCUT2D eigenvalue weighted by Gasteiger charge is -2.00. The number of nitrogens with two attached hydrogens (primary N) is 1. The van der Waals surface area contributed by atoms with E-state index in [0.29, 0.717) is 0 Å². The average molecular weight is 144 g/mol. The molecule has 9 heavy (non-hydrogen) atoms. The fraction of sp³-hybridized carbons (Fsp3) is 0.400. The third kappa shape index (κ3) is 1.48. The molecule has 4 heteroatoms. The van der Waals surface area contributed by atoms with Gasteiger partial charge >= 0.3 is 0 Å². The topological polar surface area (TPSA) is 59.1 Å². The van der Waals surface area contributed by atoms with Gasteiger partial charge in [-0.15, -0.1) is 11.3 Å². The highest BCUT2D eigenvalue weighted by atomic mass is 32.1. The Morgan fingerprint density at radius 3 is 3.11 bits per heavy atom. The van der Waals surface area contributed by atoms with Crippen molar-refractivity contribution in [1.29, 1.82) is 0 Å². The third-order valence-corrected chi connectivity index (χ3v) is 1.87. The van der Waals surface area contributed by atoms with Crippen LogP contribution < -0.4 is 5.73 Å². The minimum atomic E-state index is -0.301. The molecule has 0 amide bonds. The number of rotatable bonds is 2. The van der Waals surface area contributed by atoms with Crippen LogP contribution in [0.4, 0.5) is 0 Å². The standard InChI is InChI=1S/C5H8N2OS/c6-4(3-8)5-7-1-2-9-5/h1-2,4,8H,3,6H2. The largest absolute Gasteiger partial charge is 0.394 e. The maximum atomic E-state index is 8.55. The van der Waals surface area contributed by atoms with E-state index in [1.165, 1.54) is 11.3 Å². The van der Waals surface area contributed by atoms with Crippen molar-refractivity contribution in [2.45, 2.75) is 6.04 Å². The number of aliphatic hydroxyl groups excluding tert-OH is 1. The third-order valence-electron chi connectivity index (χ3n) is 0.965. The summed E-state index contributed by atoms with van der Waals surface area (Å²) in [7, 11) is 0. The monoisotopic (exact) mass is 144 g/mol. The lowest BCUT2D eigenvalue weighted by atomic mass is 10.4. The molecule has 3 N–H and O–H groups in total. The van der Waals surface area contributed by atoms with E-state index in [1.807, 2.05) is 5.38 Å². The van der Waals surface area contributed by atoms with Gasteiger partial charge in [0.25, 0.3) is 0 Å². The number of aliphatic hydroxyl groups is 1. The van der Waals surface area contributed by atoms with Crippen molar-refractivity contribution in [2.24, 2.45) is 5.73 Å². The first-order valence-electron chi connectivity index (χ1n) is 2.60. The summed E-state index contributed by atoms with van der Waals surface area (Å²) in [4.78, 5) is 3.92. The Morgan fingerprint density at radius 1 is 1.89 bits per heavy atom. The molecule has 0 spiro atoms. The lowest BCUT2D eigenvalue weighted by molar-refractivity contribution is 0.267. The van der Waals surface area contributed by atoms with Crippen LogP contribution in [0.5, 0.6) is 0 Å². The first-order chi connectivity index (χ1) is 4.34. The van der Waals surface area contributed by atoms with Gasteiger partial charge in [-0.2, -0.15) is 0 Å². The Balaban J connectivity index is 2.65. The fourth-order valence-electron chi connectivity index (χ4n) is 0.496. The highest BCUT2D eigenvalue weighted by molar-refractivity contribution is 7.09. The predicted molar refractivity (Wildman–Crippen MR) is 36.1 cm³/mol. The lowest BCUT2D eigenvalue weighted by Crippen LogP contribution is -2.13. The molecule has 1 atom stereocenters. The van der Waals surface area contributed by atoms with Gasteiger partial charge in [-0.1, -0.05) is 0 Å². The van der Waals surface area contributed by atoms with Crippen LogP contribution in [0.3, 0.4) is 0 Å². The summed E-state index contributed by atoms with van der Waals surface area (Å²) in [5, 5.41) is 11.2. The zero-order valence-electron chi connectivity index (χ0n) is 4.82. The molecule has 1 aromatic heterocycles. The number of thiazole rings is 1. The van der Waals surface area contributed by atoms with Crippen LogP contribution >= 0.6 is 11.3 Å². The molecule has 0 aliphatic carbocycles. The van der Waals surface area contributed by atoms with Gasteiger partial charge in [0.1, 0.15) is 5.01 Å². The van der Waals surface area contributed by atoms with Crippen LogP contribution in [-0.2, 0) is 0 Å². The van der Waals surface area contributed by atoms with Gasteiger partial charge in [-0.3, -0.25) is 0 Å². The molecule has 3 nitrogen and oxygen atoms in total. The zero-order chi connectivity index (χ0) is 6.69. The van der Waals surface area contributed by atoms with Crippen molar-refractivity contribution in [3.8, 4) is 0 Å². The van der Waals surface area contributed by atoms with Gasteiger partial charge in [0.05, 0.1) is 12.6 Å². The summed E-state index contributed by atoms with van der Waals surface area (Å²) in [5.74, 6) is 0. The summed E-state index contributed by atoms with van der Waals surface area (Å²) >= 11 is 1.46. The van der Waals surface area contributed by atoms with Gasteiger partial charge in [0, 0.05) is 11.6 Å². The molecule has 0 aliphatic rings. The molecular formula is C5H8N2OS. The van der Waals surface area contributed by atoms with E-state index < -0.39 is 0 Å². The predicted octanol–water partition coefficient (Wildman–Crippen LogP) is 0.135. The molecule has 1 aromatic rings. The van der Waals surface area contributed by atoms with Gasteiger partial charge in [0.15, 0.2) is 0 Å². The Morgan fingerprint density at radius 2 is 2.67 bits per heavy atom. The minimum absolute atomic E-state index is 0.0342. The van der Waals surface area contributed by atoms with Crippen molar-refractivity contribution < 1.29 is 5.11 Å². The van der Waals surface area contributed by atoms with Crippen molar-refractivity contribution in [1.82, 2.24) is 4.98 Å². The van der Waals surface area contributed by atoms with E-state index in [9.17, 15) is 0 Å². The number of hydrogen-bond donors (Lipinski definition) is 2. The second-order valence-electron chi connectivity index (χ2n) is 1.66. The quantitative estimate of drug-likeness (QED) is 0.620. The first kappa shape index (κ1) is 6.67. The average Bonchev–Trinajstić information content (AvgIpc) is 2.37. The smallest absolute Gasteiger partial charge is 0.112 e. The number of aromatic nitrogens is 1. The number of nitrogens with zero attached hydrogens (tertiary/aromatic N) is 1. The van der Waals surface area contributed by atoms with Gasteiger partial charge in [-0.25, -0.2) is 4.98 Å². The summed E-state index contributed by atoms with van der Waals surface area (Å²) in [6.07, 6.45) is 1.68. The maximum absolute atomic E-state index is 8.55. The minimum Gasteiger partial charge on any atom is -0.394 e. The van der Waals surface area contributed by atoms with E-state index >= 15 is 0 Å². The van der Waals surface area contributed by atoms with Crippen molar-refractivity contribution in [2.75, 3.05) is 6.61 Å². The molecule has 1 unspecified atom stereocenters. The van der Waals surface area contributed by atoms with Crippen molar-refractivity contribution in [3.05, 3.63) is 16.6 Å². The van der Waals surface area contributed by atoms with Gasteiger partial charge < -0.3 is 10.8 Å². The summed E-state index contributed by atoms with van der Waals surface area (Å²) in [6, 6.07) is -0.301. The molecule has 0 bridgehead atoms. The molecule has 0 aliphatic heterocycles. The fourth-order valence-corrected chi connectivity index (χ4v) is 1.13. The molecule has 0 aromatic carbocycles. The van der Waals surface area contributed by atoms with Crippen molar-refractivity contribution in [3.63, 3.8) is 0 Å². The van der Waals surface area contributed by atoms with E-state index in [-0.39, 0.29) is 12.6 Å².